The third-order valence-electron chi connectivity index (χ3n) is 1.70. The molecule has 3 N–H and O–H groups in total. The summed E-state index contributed by atoms with van der Waals surface area (Å²) in [5, 5.41) is 6.95. The van der Waals surface area contributed by atoms with E-state index in [1.165, 1.54) is 0 Å². The van der Waals surface area contributed by atoms with Crippen LogP contribution in [-0.2, 0) is 0 Å². The highest BCUT2D eigenvalue weighted by molar-refractivity contribution is 5.76. The maximum Gasteiger partial charge on any atom is 0.129 e. The monoisotopic (exact) mass is 214 g/mol. The molecule has 0 unspecified atom stereocenters. The van der Waals surface area contributed by atoms with Crippen molar-refractivity contribution < 1.29 is 13.5 Å². The van der Waals surface area contributed by atoms with E-state index in [-0.39, 0.29) is 18.2 Å². The average molecular weight is 214 g/mol. The molecular formula is C10H12F2N2O. The van der Waals surface area contributed by atoms with E-state index in [1.807, 2.05) is 0 Å². The standard InChI is InChI=1S/C10H12F2N2O/c11-7-4-8(12)6-9(5-7)15-3-1-2-10(13)14/h4-6H,1-3H2,(H3,13,14). The third-order valence-corrected chi connectivity index (χ3v) is 1.70. The number of rotatable bonds is 5. The van der Waals surface area contributed by atoms with Gasteiger partial charge >= 0.3 is 0 Å². The zero-order valence-corrected chi connectivity index (χ0v) is 8.09. The molecule has 5 heteroatoms. The molecule has 0 saturated heterocycles. The molecule has 82 valence electrons. The number of hydrogen-bond donors (Lipinski definition) is 2. The molecule has 0 atom stereocenters. The molecule has 0 heterocycles. The Hall–Kier alpha value is -1.65. The predicted octanol–water partition coefficient (Wildman–Crippen LogP) is 2.06. The smallest absolute Gasteiger partial charge is 0.129 e. The first-order chi connectivity index (χ1) is 7.08. The highest BCUT2D eigenvalue weighted by atomic mass is 19.1. The summed E-state index contributed by atoms with van der Waals surface area (Å²) < 4.78 is 30.5. The molecule has 0 saturated carbocycles. The van der Waals surface area contributed by atoms with Crippen molar-refractivity contribution in [3.8, 4) is 5.75 Å². The summed E-state index contributed by atoms with van der Waals surface area (Å²) in [6, 6.07) is 3.00. The van der Waals surface area contributed by atoms with Crippen molar-refractivity contribution in [1.82, 2.24) is 0 Å². The zero-order valence-electron chi connectivity index (χ0n) is 8.09. The largest absolute Gasteiger partial charge is 0.493 e. The lowest BCUT2D eigenvalue weighted by molar-refractivity contribution is 0.310. The number of benzene rings is 1. The number of hydrogen-bond acceptors (Lipinski definition) is 2. The van der Waals surface area contributed by atoms with Crippen LogP contribution in [0.4, 0.5) is 8.78 Å². The van der Waals surface area contributed by atoms with Crippen LogP contribution in [0.3, 0.4) is 0 Å². The number of amidine groups is 1. The fourth-order valence-corrected chi connectivity index (χ4v) is 1.06. The molecule has 1 rings (SSSR count). The Morgan fingerprint density at radius 2 is 1.87 bits per heavy atom. The number of ether oxygens (including phenoxy) is 1. The SMILES string of the molecule is N=C(N)CCCOc1cc(F)cc(F)c1. The van der Waals surface area contributed by atoms with Gasteiger partial charge in [-0.05, 0) is 6.42 Å². The van der Waals surface area contributed by atoms with Crippen LogP contribution in [0.15, 0.2) is 18.2 Å². The quantitative estimate of drug-likeness (QED) is 0.447. The van der Waals surface area contributed by atoms with Crippen molar-refractivity contribution >= 4 is 5.84 Å². The van der Waals surface area contributed by atoms with Gasteiger partial charge in [0.05, 0.1) is 12.4 Å². The zero-order chi connectivity index (χ0) is 11.3. The molecule has 0 aliphatic heterocycles. The summed E-state index contributed by atoms with van der Waals surface area (Å²) in [5.74, 6) is -1.12. The number of nitrogens with two attached hydrogens (primary N) is 1. The molecule has 0 aliphatic rings. The first-order valence-corrected chi connectivity index (χ1v) is 4.50. The minimum atomic E-state index is -0.670. The Morgan fingerprint density at radius 1 is 1.27 bits per heavy atom. The van der Waals surface area contributed by atoms with E-state index in [0.717, 1.165) is 18.2 Å². The molecule has 0 fully saturated rings. The second kappa shape index (κ2) is 5.29. The van der Waals surface area contributed by atoms with Crippen LogP contribution in [-0.4, -0.2) is 12.4 Å². The average Bonchev–Trinajstić information content (AvgIpc) is 2.10. The third kappa shape index (κ3) is 4.39. The molecule has 1 aromatic carbocycles. The van der Waals surface area contributed by atoms with Crippen molar-refractivity contribution in [2.24, 2.45) is 5.73 Å². The predicted molar refractivity (Wildman–Crippen MR) is 53.0 cm³/mol. The molecule has 3 nitrogen and oxygen atoms in total. The Balaban J connectivity index is 2.40. The van der Waals surface area contributed by atoms with E-state index >= 15 is 0 Å². The maximum atomic E-state index is 12.7. The minimum Gasteiger partial charge on any atom is -0.493 e. The van der Waals surface area contributed by atoms with Gasteiger partial charge in [0.1, 0.15) is 17.4 Å². The van der Waals surface area contributed by atoms with Gasteiger partial charge in [-0.15, -0.1) is 0 Å². The highest BCUT2D eigenvalue weighted by Crippen LogP contribution is 2.15. The maximum absolute atomic E-state index is 12.7. The van der Waals surface area contributed by atoms with Crippen LogP contribution in [0.5, 0.6) is 5.75 Å². The fourth-order valence-electron chi connectivity index (χ4n) is 1.06. The normalized spacial score (nSPS) is 10.0. The summed E-state index contributed by atoms with van der Waals surface area (Å²) in [5.41, 5.74) is 5.13. The molecular weight excluding hydrogens is 202 g/mol. The molecule has 0 bridgehead atoms. The van der Waals surface area contributed by atoms with Gasteiger partial charge in [0.15, 0.2) is 0 Å². The van der Waals surface area contributed by atoms with Gasteiger partial charge in [0.25, 0.3) is 0 Å². The lowest BCUT2D eigenvalue weighted by Crippen LogP contribution is -2.11. The molecule has 0 spiro atoms. The molecule has 0 aromatic heterocycles. The first-order valence-electron chi connectivity index (χ1n) is 4.50. The van der Waals surface area contributed by atoms with Crippen molar-refractivity contribution in [2.75, 3.05) is 6.61 Å². The van der Waals surface area contributed by atoms with E-state index in [2.05, 4.69) is 0 Å². The first kappa shape index (κ1) is 11.4. The lowest BCUT2D eigenvalue weighted by atomic mass is 10.3. The molecule has 15 heavy (non-hydrogen) atoms. The van der Waals surface area contributed by atoms with Crippen molar-refractivity contribution in [3.63, 3.8) is 0 Å². The van der Waals surface area contributed by atoms with Gasteiger partial charge in [-0.3, -0.25) is 5.41 Å². The molecule has 0 radical (unpaired) electrons. The fraction of sp³-hybridized carbons (Fsp3) is 0.300. The van der Waals surface area contributed by atoms with Gasteiger partial charge in [-0.1, -0.05) is 0 Å². The van der Waals surface area contributed by atoms with Crippen molar-refractivity contribution in [2.45, 2.75) is 12.8 Å². The Kier molecular flexibility index (Phi) is 4.03. The van der Waals surface area contributed by atoms with E-state index in [4.69, 9.17) is 15.9 Å². The Labute approximate surface area is 86.4 Å². The summed E-state index contributed by atoms with van der Waals surface area (Å²) >= 11 is 0. The summed E-state index contributed by atoms with van der Waals surface area (Å²) in [6.07, 6.45) is 0.964. The van der Waals surface area contributed by atoms with Gasteiger partial charge < -0.3 is 10.5 Å². The van der Waals surface area contributed by atoms with Crippen LogP contribution in [0.1, 0.15) is 12.8 Å². The van der Waals surface area contributed by atoms with Crippen LogP contribution in [0, 0.1) is 17.0 Å². The van der Waals surface area contributed by atoms with Gasteiger partial charge in [0, 0.05) is 24.6 Å². The van der Waals surface area contributed by atoms with E-state index < -0.39 is 11.6 Å². The van der Waals surface area contributed by atoms with Crippen LogP contribution < -0.4 is 10.5 Å². The van der Waals surface area contributed by atoms with E-state index in [0.29, 0.717) is 12.8 Å². The lowest BCUT2D eigenvalue weighted by Gasteiger charge is -2.05. The highest BCUT2D eigenvalue weighted by Gasteiger charge is 2.01. The van der Waals surface area contributed by atoms with E-state index in [9.17, 15) is 8.78 Å². The Bertz CT molecular complexity index is 335. The second-order valence-corrected chi connectivity index (χ2v) is 3.08. The van der Waals surface area contributed by atoms with Crippen molar-refractivity contribution in [1.29, 1.82) is 5.41 Å². The molecule has 0 aliphatic carbocycles. The van der Waals surface area contributed by atoms with Crippen molar-refractivity contribution in [3.05, 3.63) is 29.8 Å². The topological polar surface area (TPSA) is 59.1 Å². The van der Waals surface area contributed by atoms with Crippen LogP contribution in [0.25, 0.3) is 0 Å². The summed E-state index contributed by atoms with van der Waals surface area (Å²) in [6.45, 7) is 0.280. The Morgan fingerprint density at radius 3 is 2.40 bits per heavy atom. The van der Waals surface area contributed by atoms with Crippen LogP contribution in [0.2, 0.25) is 0 Å². The minimum absolute atomic E-state index is 0.0732. The number of nitrogens with one attached hydrogen (secondary N) is 1. The van der Waals surface area contributed by atoms with Gasteiger partial charge in [-0.25, -0.2) is 8.78 Å². The summed E-state index contributed by atoms with van der Waals surface area (Å²) in [7, 11) is 0. The van der Waals surface area contributed by atoms with Crippen LogP contribution >= 0.6 is 0 Å². The van der Waals surface area contributed by atoms with Gasteiger partial charge in [0.2, 0.25) is 0 Å². The number of halogens is 2. The molecule has 0 amide bonds. The van der Waals surface area contributed by atoms with Gasteiger partial charge in [-0.2, -0.15) is 0 Å². The summed E-state index contributed by atoms with van der Waals surface area (Å²) in [4.78, 5) is 0. The second-order valence-electron chi connectivity index (χ2n) is 3.08. The van der Waals surface area contributed by atoms with E-state index in [1.54, 1.807) is 0 Å². The molecule has 1 aromatic rings.